The van der Waals surface area contributed by atoms with Crippen molar-refractivity contribution in [2.45, 2.75) is 26.9 Å². The fourth-order valence-corrected chi connectivity index (χ4v) is 2.49. The molecule has 0 aliphatic carbocycles. The largest absolute Gasteiger partial charge is 0.496 e. The zero-order chi connectivity index (χ0) is 14.2. The molecule has 1 saturated heterocycles. The highest BCUT2D eigenvalue weighted by molar-refractivity contribution is 5.92. The van der Waals surface area contributed by atoms with E-state index in [0.717, 1.165) is 28.1 Å². The van der Waals surface area contributed by atoms with E-state index in [9.17, 15) is 4.79 Å². The molecular formula is C14H20N2O3. The van der Waals surface area contributed by atoms with E-state index in [0.29, 0.717) is 13.1 Å². The second-order valence-corrected chi connectivity index (χ2v) is 4.85. The first-order chi connectivity index (χ1) is 8.99. The van der Waals surface area contributed by atoms with Crippen molar-refractivity contribution < 1.29 is 14.3 Å². The predicted molar refractivity (Wildman–Crippen MR) is 73.9 cm³/mol. The van der Waals surface area contributed by atoms with E-state index in [1.54, 1.807) is 12.0 Å². The van der Waals surface area contributed by atoms with Crippen LogP contribution in [0.2, 0.25) is 0 Å². The lowest BCUT2D eigenvalue weighted by Gasteiger charge is -2.21. The summed E-state index contributed by atoms with van der Waals surface area (Å²) in [7, 11) is 1.65. The zero-order valence-electron chi connectivity index (χ0n) is 11.8. The first-order valence-corrected chi connectivity index (χ1v) is 6.32. The molecule has 0 radical (unpaired) electrons. The van der Waals surface area contributed by atoms with E-state index in [1.165, 1.54) is 0 Å². The van der Waals surface area contributed by atoms with Crippen molar-refractivity contribution in [3.05, 3.63) is 22.8 Å². The predicted octanol–water partition coefficient (Wildman–Crippen LogP) is 1.90. The second kappa shape index (κ2) is 5.09. The molecule has 1 aromatic carbocycles. The molecule has 1 amide bonds. The van der Waals surface area contributed by atoms with Gasteiger partial charge in [0, 0.05) is 6.54 Å². The molecule has 1 heterocycles. The van der Waals surface area contributed by atoms with Gasteiger partial charge in [-0.3, -0.25) is 4.90 Å². The van der Waals surface area contributed by atoms with Crippen LogP contribution in [-0.2, 0) is 4.74 Å². The van der Waals surface area contributed by atoms with Gasteiger partial charge in [-0.05, 0) is 43.5 Å². The smallest absolute Gasteiger partial charge is 0.414 e. The number of amides is 1. The topological polar surface area (TPSA) is 64.8 Å². The molecule has 5 heteroatoms. The summed E-state index contributed by atoms with van der Waals surface area (Å²) in [5.41, 5.74) is 9.53. The molecule has 0 aromatic heterocycles. The van der Waals surface area contributed by atoms with Gasteiger partial charge in [0.2, 0.25) is 0 Å². The molecule has 1 unspecified atom stereocenters. The quantitative estimate of drug-likeness (QED) is 0.905. The van der Waals surface area contributed by atoms with Gasteiger partial charge in [0.05, 0.1) is 19.3 Å². The number of hydrogen-bond acceptors (Lipinski definition) is 4. The molecule has 0 bridgehead atoms. The summed E-state index contributed by atoms with van der Waals surface area (Å²) in [5, 5.41) is 0. The highest BCUT2D eigenvalue weighted by Gasteiger charge is 2.33. The Morgan fingerprint density at radius 2 is 2.11 bits per heavy atom. The van der Waals surface area contributed by atoms with Crippen LogP contribution in [0, 0.1) is 20.8 Å². The third kappa shape index (κ3) is 2.26. The SMILES string of the molecule is COc1cc(C)c(N2CC(CN)OC2=O)c(C)c1C. The maximum absolute atomic E-state index is 11.9. The van der Waals surface area contributed by atoms with E-state index >= 15 is 0 Å². The minimum absolute atomic E-state index is 0.228. The lowest BCUT2D eigenvalue weighted by atomic mass is 10.0. The fourth-order valence-electron chi connectivity index (χ4n) is 2.49. The minimum Gasteiger partial charge on any atom is -0.496 e. The molecule has 2 N–H and O–H groups in total. The highest BCUT2D eigenvalue weighted by atomic mass is 16.6. The van der Waals surface area contributed by atoms with Gasteiger partial charge in [-0.1, -0.05) is 0 Å². The van der Waals surface area contributed by atoms with Gasteiger partial charge in [-0.25, -0.2) is 4.79 Å². The maximum atomic E-state index is 11.9. The normalized spacial score (nSPS) is 18.7. The summed E-state index contributed by atoms with van der Waals surface area (Å²) in [6.07, 6.45) is -0.556. The number of methoxy groups -OCH3 is 1. The van der Waals surface area contributed by atoms with Crippen molar-refractivity contribution in [2.75, 3.05) is 25.1 Å². The number of anilines is 1. The number of cyclic esters (lactones) is 1. The van der Waals surface area contributed by atoms with Gasteiger partial charge in [0.15, 0.2) is 0 Å². The number of ether oxygens (including phenoxy) is 2. The lowest BCUT2D eigenvalue weighted by Crippen LogP contribution is -2.28. The first-order valence-electron chi connectivity index (χ1n) is 6.32. The molecule has 5 nitrogen and oxygen atoms in total. The molecule has 0 saturated carbocycles. The van der Waals surface area contributed by atoms with Crippen LogP contribution in [0.3, 0.4) is 0 Å². The van der Waals surface area contributed by atoms with Crippen molar-refractivity contribution in [1.82, 2.24) is 0 Å². The van der Waals surface area contributed by atoms with Gasteiger partial charge in [0.25, 0.3) is 0 Å². The Balaban J connectivity index is 2.46. The number of nitrogens with two attached hydrogens (primary N) is 1. The molecule has 1 atom stereocenters. The highest BCUT2D eigenvalue weighted by Crippen LogP contribution is 2.35. The van der Waals surface area contributed by atoms with Crippen LogP contribution in [-0.4, -0.2) is 32.4 Å². The van der Waals surface area contributed by atoms with Crippen LogP contribution in [0.5, 0.6) is 5.75 Å². The molecule has 1 fully saturated rings. The summed E-state index contributed by atoms with van der Waals surface area (Å²) in [5.74, 6) is 0.835. The Morgan fingerprint density at radius 3 is 2.63 bits per heavy atom. The van der Waals surface area contributed by atoms with Gasteiger partial charge in [-0.15, -0.1) is 0 Å². The van der Waals surface area contributed by atoms with E-state index in [1.807, 2.05) is 26.8 Å². The average Bonchev–Trinajstić information content (AvgIpc) is 2.75. The molecule has 1 aliphatic rings. The van der Waals surface area contributed by atoms with Crippen LogP contribution >= 0.6 is 0 Å². The monoisotopic (exact) mass is 264 g/mol. The van der Waals surface area contributed by atoms with Crippen LogP contribution < -0.4 is 15.4 Å². The van der Waals surface area contributed by atoms with Gasteiger partial charge in [-0.2, -0.15) is 0 Å². The minimum atomic E-state index is -0.328. The van der Waals surface area contributed by atoms with Crippen LogP contribution in [0.25, 0.3) is 0 Å². The molecule has 2 rings (SSSR count). The van der Waals surface area contributed by atoms with Gasteiger partial charge in [0.1, 0.15) is 11.9 Å². The second-order valence-electron chi connectivity index (χ2n) is 4.85. The number of aryl methyl sites for hydroxylation is 1. The third-order valence-corrected chi connectivity index (χ3v) is 3.64. The fraction of sp³-hybridized carbons (Fsp3) is 0.500. The standard InChI is InChI=1S/C14H20N2O3/c1-8-5-12(18-4)9(2)10(3)13(8)16-7-11(6-15)19-14(16)17/h5,11H,6-7,15H2,1-4H3. The maximum Gasteiger partial charge on any atom is 0.414 e. The average molecular weight is 264 g/mol. The van der Waals surface area contributed by atoms with Gasteiger partial charge >= 0.3 is 6.09 Å². The Morgan fingerprint density at radius 1 is 1.42 bits per heavy atom. The van der Waals surface area contributed by atoms with E-state index in [2.05, 4.69) is 0 Å². The molecule has 104 valence electrons. The molecule has 19 heavy (non-hydrogen) atoms. The number of benzene rings is 1. The van der Waals surface area contributed by atoms with E-state index in [-0.39, 0.29) is 12.2 Å². The Kier molecular flexibility index (Phi) is 3.66. The number of nitrogens with zero attached hydrogens (tertiary/aromatic N) is 1. The molecule has 1 aliphatic heterocycles. The summed E-state index contributed by atoms with van der Waals surface area (Å²) in [4.78, 5) is 13.6. The van der Waals surface area contributed by atoms with E-state index in [4.69, 9.17) is 15.2 Å². The summed E-state index contributed by atoms with van der Waals surface area (Å²) >= 11 is 0. The Labute approximate surface area is 113 Å². The lowest BCUT2D eigenvalue weighted by molar-refractivity contribution is 0.145. The molecular weight excluding hydrogens is 244 g/mol. The Bertz CT molecular complexity index is 514. The molecule has 0 spiro atoms. The van der Waals surface area contributed by atoms with E-state index < -0.39 is 0 Å². The number of rotatable bonds is 3. The Hall–Kier alpha value is -1.75. The third-order valence-electron chi connectivity index (χ3n) is 3.64. The summed E-state index contributed by atoms with van der Waals surface area (Å²) in [6, 6.07) is 1.95. The summed E-state index contributed by atoms with van der Waals surface area (Å²) < 4.78 is 10.6. The van der Waals surface area contributed by atoms with Crippen molar-refractivity contribution in [2.24, 2.45) is 5.73 Å². The van der Waals surface area contributed by atoms with Crippen molar-refractivity contribution in [3.8, 4) is 5.75 Å². The van der Waals surface area contributed by atoms with Crippen molar-refractivity contribution in [3.63, 3.8) is 0 Å². The summed E-state index contributed by atoms with van der Waals surface area (Å²) in [6.45, 7) is 6.79. The number of carbonyl (C=O) groups excluding carboxylic acids is 1. The molecule has 1 aromatic rings. The van der Waals surface area contributed by atoms with Gasteiger partial charge < -0.3 is 15.2 Å². The first kappa shape index (κ1) is 13.7. The van der Waals surface area contributed by atoms with Crippen molar-refractivity contribution >= 4 is 11.8 Å². The number of hydrogen-bond donors (Lipinski definition) is 1. The number of carbonyl (C=O) groups is 1. The van der Waals surface area contributed by atoms with Crippen LogP contribution in [0.15, 0.2) is 6.07 Å². The van der Waals surface area contributed by atoms with Crippen LogP contribution in [0.1, 0.15) is 16.7 Å². The zero-order valence-corrected chi connectivity index (χ0v) is 11.8. The van der Waals surface area contributed by atoms with Crippen molar-refractivity contribution in [1.29, 1.82) is 0 Å². The van der Waals surface area contributed by atoms with Crippen LogP contribution in [0.4, 0.5) is 10.5 Å².